The molecule has 0 aromatic heterocycles. The average Bonchev–Trinajstić information content (AvgIpc) is 2.28. The summed E-state index contributed by atoms with van der Waals surface area (Å²) in [6.07, 6.45) is 0.907. The number of allylic oxidation sites excluding steroid dienone is 1. The maximum absolute atomic E-state index is 11.5. The van der Waals surface area contributed by atoms with E-state index in [9.17, 15) is 4.79 Å². The van der Waals surface area contributed by atoms with Crippen LogP contribution in [0.3, 0.4) is 0 Å². The van der Waals surface area contributed by atoms with Gasteiger partial charge in [-0.15, -0.1) is 0 Å². The minimum atomic E-state index is -0.376. The third-order valence-corrected chi connectivity index (χ3v) is 2.56. The Kier molecular flexibility index (Phi) is 3.92. The quantitative estimate of drug-likeness (QED) is 0.431. The number of nitrogens with zero attached hydrogens (tertiary/aromatic N) is 2. The van der Waals surface area contributed by atoms with Crippen molar-refractivity contribution in [2.75, 3.05) is 0 Å². The van der Waals surface area contributed by atoms with E-state index < -0.39 is 0 Å². The molecule has 3 heteroatoms. The number of Topliss-reactive ketones (excluding diaryl/α,β-unsaturated/α-hetero) is 1. The van der Waals surface area contributed by atoms with Gasteiger partial charge in [0, 0.05) is 0 Å². The van der Waals surface area contributed by atoms with E-state index in [0.29, 0.717) is 0 Å². The van der Waals surface area contributed by atoms with Gasteiger partial charge in [-0.05, 0) is 18.1 Å². The minimum Gasteiger partial charge on any atom is -0.361 e. The minimum absolute atomic E-state index is 0.256. The second-order valence-electron chi connectivity index (χ2n) is 3.76. The molecule has 0 aliphatic carbocycles. The molecule has 0 fully saturated rings. The Hall–Kier alpha value is -1.99. The highest BCUT2D eigenvalue weighted by Crippen LogP contribution is 2.21. The fourth-order valence-corrected chi connectivity index (χ4v) is 1.36. The Morgan fingerprint density at radius 3 is 2.50 bits per heavy atom. The van der Waals surface area contributed by atoms with Gasteiger partial charge < -0.3 is 5.53 Å². The van der Waals surface area contributed by atoms with Crippen LogP contribution in [0.25, 0.3) is 11.1 Å². The molecular weight excluding hydrogens is 200 g/mol. The van der Waals surface area contributed by atoms with Crippen LogP contribution >= 0.6 is 0 Å². The molecule has 0 aliphatic rings. The van der Waals surface area contributed by atoms with E-state index in [4.69, 9.17) is 5.53 Å². The standard InChI is InChI=1S/C13H14N2O/c1-9-4-6-12(7-5-9)10(2)11(3)13(16)8-15-14/h4-8,11H,2H2,1,3H3. The summed E-state index contributed by atoms with van der Waals surface area (Å²) in [5, 5.41) is 0. The van der Waals surface area contributed by atoms with Crippen LogP contribution in [0.15, 0.2) is 30.8 Å². The van der Waals surface area contributed by atoms with Crippen molar-refractivity contribution in [1.82, 2.24) is 0 Å². The Bertz CT molecular complexity index is 453. The van der Waals surface area contributed by atoms with Crippen molar-refractivity contribution in [3.8, 4) is 0 Å². The van der Waals surface area contributed by atoms with Gasteiger partial charge in [0.25, 0.3) is 0 Å². The lowest BCUT2D eigenvalue weighted by Gasteiger charge is -2.10. The van der Waals surface area contributed by atoms with Crippen molar-refractivity contribution in [2.45, 2.75) is 13.8 Å². The van der Waals surface area contributed by atoms with Crippen LogP contribution in [-0.2, 0) is 4.79 Å². The molecular formula is C13H14N2O. The molecule has 1 unspecified atom stereocenters. The van der Waals surface area contributed by atoms with Crippen molar-refractivity contribution in [3.63, 3.8) is 0 Å². The molecule has 1 rings (SSSR count). The van der Waals surface area contributed by atoms with Crippen molar-refractivity contribution >= 4 is 17.6 Å². The van der Waals surface area contributed by atoms with Gasteiger partial charge in [-0.25, -0.2) is 0 Å². The zero-order valence-electron chi connectivity index (χ0n) is 9.47. The van der Waals surface area contributed by atoms with Crippen LogP contribution in [0, 0.1) is 12.8 Å². The monoisotopic (exact) mass is 214 g/mol. The lowest BCUT2D eigenvalue weighted by molar-refractivity contribution is -0.117. The number of hydrogen-bond donors (Lipinski definition) is 0. The molecule has 0 bridgehead atoms. The van der Waals surface area contributed by atoms with Gasteiger partial charge in [0.05, 0.1) is 5.92 Å². The maximum atomic E-state index is 11.5. The van der Waals surface area contributed by atoms with Crippen molar-refractivity contribution in [2.24, 2.45) is 5.92 Å². The van der Waals surface area contributed by atoms with E-state index in [0.717, 1.165) is 22.9 Å². The predicted molar refractivity (Wildman–Crippen MR) is 64.1 cm³/mol. The van der Waals surface area contributed by atoms with Crippen LogP contribution in [0.2, 0.25) is 0 Å². The van der Waals surface area contributed by atoms with E-state index in [1.54, 1.807) is 6.92 Å². The van der Waals surface area contributed by atoms with Crippen LogP contribution in [-0.4, -0.2) is 16.8 Å². The number of benzene rings is 1. The third-order valence-electron chi connectivity index (χ3n) is 2.56. The van der Waals surface area contributed by atoms with Crippen LogP contribution in [0.5, 0.6) is 0 Å². The number of ketones is 1. The van der Waals surface area contributed by atoms with Crippen molar-refractivity contribution in [3.05, 3.63) is 47.5 Å². The van der Waals surface area contributed by atoms with E-state index in [-0.39, 0.29) is 11.7 Å². The number of carbonyl (C=O) groups is 1. The first-order valence-corrected chi connectivity index (χ1v) is 5.03. The lowest BCUT2D eigenvalue weighted by atomic mass is 9.92. The smallest absolute Gasteiger partial charge is 0.323 e. The summed E-state index contributed by atoms with van der Waals surface area (Å²) in [7, 11) is 0. The summed E-state index contributed by atoms with van der Waals surface area (Å²) in [5.74, 6) is -0.633. The molecule has 3 nitrogen and oxygen atoms in total. The molecule has 0 spiro atoms. The summed E-state index contributed by atoms with van der Waals surface area (Å²) >= 11 is 0. The third kappa shape index (κ3) is 2.75. The van der Waals surface area contributed by atoms with Crippen molar-refractivity contribution < 1.29 is 9.58 Å². The van der Waals surface area contributed by atoms with Gasteiger partial charge in [0.15, 0.2) is 0 Å². The first-order valence-electron chi connectivity index (χ1n) is 5.03. The van der Waals surface area contributed by atoms with Crippen LogP contribution in [0.1, 0.15) is 18.1 Å². The normalized spacial score (nSPS) is 11.4. The topological polar surface area (TPSA) is 53.5 Å². The molecule has 82 valence electrons. The molecule has 0 aliphatic heterocycles. The second-order valence-corrected chi connectivity index (χ2v) is 3.76. The van der Waals surface area contributed by atoms with E-state index in [1.807, 2.05) is 31.2 Å². The summed E-state index contributed by atoms with van der Waals surface area (Å²) in [6, 6.07) is 7.80. The van der Waals surface area contributed by atoms with Gasteiger partial charge in [-0.1, -0.05) is 43.3 Å². The number of carbonyl (C=O) groups excluding carboxylic acids is 1. The molecule has 0 saturated carbocycles. The highest BCUT2D eigenvalue weighted by atomic mass is 16.1. The first-order chi connectivity index (χ1) is 7.56. The van der Waals surface area contributed by atoms with Gasteiger partial charge in [0.1, 0.15) is 0 Å². The molecule has 16 heavy (non-hydrogen) atoms. The molecule has 1 aromatic carbocycles. The maximum Gasteiger partial charge on any atom is 0.323 e. The molecule has 0 amide bonds. The van der Waals surface area contributed by atoms with Gasteiger partial charge in [-0.2, -0.15) is 4.79 Å². The SMILES string of the molecule is C=C(c1ccc(C)cc1)C(C)C(=O)C=[N+]=[N-]. The number of rotatable bonds is 4. The Morgan fingerprint density at radius 2 is 2.00 bits per heavy atom. The molecule has 1 atom stereocenters. The van der Waals surface area contributed by atoms with Crippen LogP contribution in [0.4, 0.5) is 0 Å². The Morgan fingerprint density at radius 1 is 1.44 bits per heavy atom. The largest absolute Gasteiger partial charge is 0.361 e. The molecule has 0 heterocycles. The zero-order chi connectivity index (χ0) is 12.1. The summed E-state index contributed by atoms with van der Waals surface area (Å²) < 4.78 is 0. The Balaban J connectivity index is 2.90. The highest BCUT2D eigenvalue weighted by molar-refractivity contribution is 6.28. The highest BCUT2D eigenvalue weighted by Gasteiger charge is 2.18. The van der Waals surface area contributed by atoms with Gasteiger partial charge in [0.2, 0.25) is 5.78 Å². The predicted octanol–water partition coefficient (Wildman–Crippen LogP) is 2.51. The van der Waals surface area contributed by atoms with Crippen molar-refractivity contribution in [1.29, 1.82) is 0 Å². The summed E-state index contributed by atoms with van der Waals surface area (Å²) in [5.41, 5.74) is 11.1. The van der Waals surface area contributed by atoms with Crippen LogP contribution < -0.4 is 0 Å². The van der Waals surface area contributed by atoms with Gasteiger partial charge >= 0.3 is 6.21 Å². The second kappa shape index (κ2) is 5.19. The summed E-state index contributed by atoms with van der Waals surface area (Å²) in [6.45, 7) is 7.64. The molecule has 0 radical (unpaired) electrons. The van der Waals surface area contributed by atoms with E-state index in [1.165, 1.54) is 0 Å². The number of hydrogen-bond acceptors (Lipinski definition) is 1. The van der Waals surface area contributed by atoms with E-state index >= 15 is 0 Å². The van der Waals surface area contributed by atoms with Gasteiger partial charge in [-0.3, -0.25) is 4.79 Å². The molecule has 0 saturated heterocycles. The average molecular weight is 214 g/mol. The number of aryl methyl sites for hydroxylation is 1. The first kappa shape index (κ1) is 12.1. The summed E-state index contributed by atoms with van der Waals surface area (Å²) in [4.78, 5) is 14.2. The molecule has 1 aromatic rings. The Labute approximate surface area is 95.0 Å². The fraction of sp³-hybridized carbons (Fsp3) is 0.231. The lowest BCUT2D eigenvalue weighted by Crippen LogP contribution is -2.13. The fourth-order valence-electron chi connectivity index (χ4n) is 1.36. The van der Waals surface area contributed by atoms with E-state index in [2.05, 4.69) is 11.4 Å². The zero-order valence-corrected chi connectivity index (χ0v) is 9.47. The molecule has 0 N–H and O–H groups in total.